The third kappa shape index (κ3) is 2.70. The van der Waals surface area contributed by atoms with Gasteiger partial charge in [0.25, 0.3) is 0 Å². The van der Waals surface area contributed by atoms with Gasteiger partial charge in [-0.1, -0.05) is 24.8 Å². The standard InChI is InChI=1S/C16H13F3N4O/c1-3-24-10(2)12-8-21-23(15(12)16(17,18)19)14-9-20-22-13-7-5-4-6-11(13)14/h4-9H,2-3H2,1H3. The first-order valence-corrected chi connectivity index (χ1v) is 7.11. The van der Waals surface area contributed by atoms with Crippen molar-refractivity contribution >= 4 is 16.7 Å². The van der Waals surface area contributed by atoms with Gasteiger partial charge in [0.05, 0.1) is 35.8 Å². The molecule has 3 rings (SSSR count). The number of nitrogens with zero attached hydrogens (tertiary/aromatic N) is 4. The lowest BCUT2D eigenvalue weighted by molar-refractivity contribution is -0.143. The molecule has 3 aromatic rings. The first kappa shape index (κ1) is 16.0. The first-order valence-electron chi connectivity index (χ1n) is 7.11. The molecule has 0 fully saturated rings. The minimum Gasteiger partial charge on any atom is -0.494 e. The van der Waals surface area contributed by atoms with E-state index in [9.17, 15) is 13.2 Å². The van der Waals surface area contributed by atoms with Crippen molar-refractivity contribution in [2.45, 2.75) is 13.1 Å². The smallest absolute Gasteiger partial charge is 0.434 e. The normalized spacial score (nSPS) is 11.7. The minimum absolute atomic E-state index is 0.0811. The fraction of sp³-hybridized carbons (Fsp3) is 0.188. The summed E-state index contributed by atoms with van der Waals surface area (Å²) in [5.41, 5.74) is -0.503. The molecule has 2 heterocycles. The summed E-state index contributed by atoms with van der Waals surface area (Å²) in [6.07, 6.45) is -2.30. The summed E-state index contributed by atoms with van der Waals surface area (Å²) in [4.78, 5) is 0. The van der Waals surface area contributed by atoms with Crippen LogP contribution in [-0.4, -0.2) is 26.6 Å². The van der Waals surface area contributed by atoms with Crippen molar-refractivity contribution in [1.29, 1.82) is 0 Å². The number of hydrogen-bond donors (Lipinski definition) is 0. The van der Waals surface area contributed by atoms with Crippen LogP contribution in [0, 0.1) is 0 Å². The number of ether oxygens (including phenoxy) is 1. The third-order valence-electron chi connectivity index (χ3n) is 3.41. The van der Waals surface area contributed by atoms with Gasteiger partial charge in [0.15, 0.2) is 5.69 Å². The second kappa shape index (κ2) is 5.95. The van der Waals surface area contributed by atoms with Crippen LogP contribution in [0.1, 0.15) is 18.2 Å². The minimum atomic E-state index is -4.64. The third-order valence-corrected chi connectivity index (χ3v) is 3.41. The van der Waals surface area contributed by atoms with Crippen molar-refractivity contribution < 1.29 is 17.9 Å². The molecule has 0 N–H and O–H groups in total. The van der Waals surface area contributed by atoms with Crippen molar-refractivity contribution in [2.24, 2.45) is 0 Å². The molecule has 0 saturated carbocycles. The molecule has 1 aromatic carbocycles. The average Bonchev–Trinajstić information content (AvgIpc) is 3.00. The maximum absolute atomic E-state index is 13.6. The van der Waals surface area contributed by atoms with E-state index in [-0.39, 0.29) is 23.6 Å². The molecule has 0 atom stereocenters. The summed E-state index contributed by atoms with van der Waals surface area (Å²) in [5.74, 6) is -0.0811. The Kier molecular flexibility index (Phi) is 3.96. The number of fused-ring (bicyclic) bond motifs is 1. The Hall–Kier alpha value is -2.90. The predicted octanol–water partition coefficient (Wildman–Crippen LogP) is 3.84. The van der Waals surface area contributed by atoms with E-state index in [1.54, 1.807) is 31.2 Å². The molecule has 0 amide bonds. The van der Waals surface area contributed by atoms with Gasteiger partial charge in [0.2, 0.25) is 0 Å². The number of aromatic nitrogens is 4. The Labute approximate surface area is 135 Å². The molecule has 0 radical (unpaired) electrons. The monoisotopic (exact) mass is 334 g/mol. The Balaban J connectivity index is 2.26. The summed E-state index contributed by atoms with van der Waals surface area (Å²) in [6.45, 7) is 5.43. The van der Waals surface area contributed by atoms with Gasteiger partial charge in [-0.2, -0.15) is 28.5 Å². The molecule has 5 nitrogen and oxygen atoms in total. The SMILES string of the molecule is C=C(OCC)c1cnn(-c2cnnc3ccccc23)c1C(F)(F)F. The lowest BCUT2D eigenvalue weighted by atomic mass is 10.2. The zero-order valence-electron chi connectivity index (χ0n) is 12.7. The van der Waals surface area contributed by atoms with Gasteiger partial charge in [0.1, 0.15) is 5.76 Å². The van der Waals surface area contributed by atoms with Crippen molar-refractivity contribution in [3.05, 3.63) is 54.5 Å². The van der Waals surface area contributed by atoms with Gasteiger partial charge in [-0.15, -0.1) is 0 Å². The summed E-state index contributed by atoms with van der Waals surface area (Å²) in [6, 6.07) is 6.78. The largest absolute Gasteiger partial charge is 0.494 e. The number of hydrogen-bond acceptors (Lipinski definition) is 4. The molecule has 2 aromatic heterocycles. The van der Waals surface area contributed by atoms with Crippen LogP contribution in [0.25, 0.3) is 22.3 Å². The fourth-order valence-electron chi connectivity index (χ4n) is 2.42. The highest BCUT2D eigenvalue weighted by molar-refractivity contribution is 5.86. The van der Waals surface area contributed by atoms with E-state index >= 15 is 0 Å². The van der Waals surface area contributed by atoms with Crippen molar-refractivity contribution in [1.82, 2.24) is 20.0 Å². The van der Waals surface area contributed by atoms with Crippen LogP contribution in [0.3, 0.4) is 0 Å². The van der Waals surface area contributed by atoms with Crippen molar-refractivity contribution in [3.63, 3.8) is 0 Å². The zero-order chi connectivity index (χ0) is 17.3. The van der Waals surface area contributed by atoms with Crippen LogP contribution < -0.4 is 0 Å². The van der Waals surface area contributed by atoms with E-state index in [4.69, 9.17) is 4.74 Å². The molecule has 8 heteroatoms. The van der Waals surface area contributed by atoms with Crippen LogP contribution in [0.5, 0.6) is 0 Å². The average molecular weight is 334 g/mol. The fourth-order valence-corrected chi connectivity index (χ4v) is 2.42. The Morgan fingerprint density at radius 1 is 1.25 bits per heavy atom. The predicted molar refractivity (Wildman–Crippen MR) is 82.3 cm³/mol. The van der Waals surface area contributed by atoms with E-state index in [1.807, 2.05) is 0 Å². The second-order valence-electron chi connectivity index (χ2n) is 4.92. The molecule has 0 unspecified atom stereocenters. The van der Waals surface area contributed by atoms with Gasteiger partial charge < -0.3 is 4.74 Å². The molecule has 124 valence electrons. The van der Waals surface area contributed by atoms with Crippen LogP contribution >= 0.6 is 0 Å². The second-order valence-corrected chi connectivity index (χ2v) is 4.92. The molecule has 0 saturated heterocycles. The quantitative estimate of drug-likeness (QED) is 0.680. The van der Waals surface area contributed by atoms with Gasteiger partial charge in [-0.3, -0.25) is 0 Å². The molecule has 0 aliphatic heterocycles. The number of alkyl halides is 3. The maximum Gasteiger partial charge on any atom is 0.434 e. The summed E-state index contributed by atoms with van der Waals surface area (Å²) >= 11 is 0. The van der Waals surface area contributed by atoms with Crippen molar-refractivity contribution in [2.75, 3.05) is 6.61 Å². The van der Waals surface area contributed by atoms with E-state index in [0.29, 0.717) is 10.9 Å². The van der Waals surface area contributed by atoms with E-state index in [1.165, 1.54) is 6.20 Å². The first-order chi connectivity index (χ1) is 11.4. The highest BCUT2D eigenvalue weighted by Crippen LogP contribution is 2.37. The molecular weight excluding hydrogens is 321 g/mol. The van der Waals surface area contributed by atoms with Crippen LogP contribution in [-0.2, 0) is 10.9 Å². The van der Waals surface area contributed by atoms with Crippen LogP contribution in [0.2, 0.25) is 0 Å². The summed E-state index contributed by atoms with van der Waals surface area (Å²) in [5, 5.41) is 12.1. The number of rotatable bonds is 4. The van der Waals surface area contributed by atoms with Gasteiger partial charge in [0, 0.05) is 5.39 Å². The van der Waals surface area contributed by atoms with E-state index in [2.05, 4.69) is 21.9 Å². The van der Waals surface area contributed by atoms with Crippen molar-refractivity contribution in [3.8, 4) is 5.69 Å². The van der Waals surface area contributed by atoms with Gasteiger partial charge >= 0.3 is 6.18 Å². The Morgan fingerprint density at radius 3 is 2.71 bits per heavy atom. The molecule has 0 aliphatic carbocycles. The molecule has 24 heavy (non-hydrogen) atoms. The molecular formula is C16H13F3N4O. The zero-order valence-corrected chi connectivity index (χ0v) is 12.7. The van der Waals surface area contributed by atoms with E-state index < -0.39 is 11.9 Å². The van der Waals surface area contributed by atoms with Crippen LogP contribution in [0.15, 0.2) is 43.2 Å². The Bertz CT molecular complexity index is 896. The molecule has 0 spiro atoms. The Morgan fingerprint density at radius 2 is 2.00 bits per heavy atom. The number of halogens is 3. The topological polar surface area (TPSA) is 52.8 Å². The highest BCUT2D eigenvalue weighted by Gasteiger charge is 2.40. The highest BCUT2D eigenvalue weighted by atomic mass is 19.4. The lowest BCUT2D eigenvalue weighted by Gasteiger charge is -2.14. The maximum atomic E-state index is 13.6. The summed E-state index contributed by atoms with van der Waals surface area (Å²) < 4.78 is 46.8. The molecule has 0 aliphatic rings. The number of benzene rings is 1. The lowest BCUT2D eigenvalue weighted by Crippen LogP contribution is -2.16. The molecule has 0 bridgehead atoms. The van der Waals surface area contributed by atoms with E-state index in [0.717, 1.165) is 10.9 Å². The van der Waals surface area contributed by atoms with Gasteiger partial charge in [-0.05, 0) is 13.0 Å². The summed E-state index contributed by atoms with van der Waals surface area (Å²) in [7, 11) is 0. The van der Waals surface area contributed by atoms with Crippen LogP contribution in [0.4, 0.5) is 13.2 Å². The van der Waals surface area contributed by atoms with Gasteiger partial charge in [-0.25, -0.2) is 4.68 Å².